The Balaban J connectivity index is 2.19. The first-order chi connectivity index (χ1) is 8.08. The minimum atomic E-state index is -0.0000337. The molecule has 1 aromatic carbocycles. The van der Waals surface area contributed by atoms with Crippen molar-refractivity contribution in [3.05, 3.63) is 28.8 Å². The van der Waals surface area contributed by atoms with Crippen LogP contribution in [0.5, 0.6) is 0 Å². The highest BCUT2D eigenvalue weighted by atomic mass is 35.5. The summed E-state index contributed by atoms with van der Waals surface area (Å²) in [6.07, 6.45) is 2.56. The van der Waals surface area contributed by atoms with Crippen LogP contribution in [-0.2, 0) is 0 Å². The molecule has 0 aliphatic heterocycles. The van der Waals surface area contributed by atoms with E-state index in [0.29, 0.717) is 10.6 Å². The van der Waals surface area contributed by atoms with Crippen molar-refractivity contribution in [2.24, 2.45) is 5.92 Å². The van der Waals surface area contributed by atoms with Gasteiger partial charge in [-0.05, 0) is 37.0 Å². The summed E-state index contributed by atoms with van der Waals surface area (Å²) in [5.41, 5.74) is 1.52. The normalized spacial score (nSPS) is 14.5. The molecule has 0 saturated heterocycles. The number of hydrogen-bond acceptors (Lipinski definition) is 2. The minimum Gasteiger partial charge on any atom is -0.384 e. The maximum Gasteiger partial charge on any atom is 0.255 e. The number of anilines is 1. The van der Waals surface area contributed by atoms with E-state index in [4.69, 9.17) is 11.6 Å². The summed E-state index contributed by atoms with van der Waals surface area (Å²) in [4.78, 5) is 13.6. The molecule has 4 heteroatoms. The Bertz CT molecular complexity index is 427. The summed E-state index contributed by atoms with van der Waals surface area (Å²) in [5.74, 6) is 0.760. The molecule has 0 radical (unpaired) electrons. The maximum atomic E-state index is 12.0. The predicted octanol–water partition coefficient (Wildman–Crippen LogP) is 2.86. The standard InChI is InChI=1S/C13H17ClN2O/c1-16(2)13(17)11-6-5-10(14)7-12(11)15-8-9-3-4-9/h5-7,9,15H,3-4,8H2,1-2H3. The Morgan fingerprint density at radius 3 is 2.76 bits per heavy atom. The van der Waals surface area contributed by atoms with Crippen LogP contribution in [0.2, 0.25) is 5.02 Å². The molecule has 1 N–H and O–H groups in total. The number of nitrogens with zero attached hydrogens (tertiary/aromatic N) is 1. The summed E-state index contributed by atoms with van der Waals surface area (Å²) in [6.45, 7) is 0.925. The molecular formula is C13H17ClN2O. The van der Waals surface area contributed by atoms with Crippen LogP contribution in [-0.4, -0.2) is 31.4 Å². The molecule has 1 fully saturated rings. The SMILES string of the molecule is CN(C)C(=O)c1ccc(Cl)cc1NCC1CC1. The molecule has 3 nitrogen and oxygen atoms in total. The van der Waals surface area contributed by atoms with Gasteiger partial charge in [-0.25, -0.2) is 0 Å². The highest BCUT2D eigenvalue weighted by molar-refractivity contribution is 6.31. The van der Waals surface area contributed by atoms with Crippen LogP contribution in [0.15, 0.2) is 18.2 Å². The van der Waals surface area contributed by atoms with E-state index in [2.05, 4.69) is 5.32 Å². The lowest BCUT2D eigenvalue weighted by Crippen LogP contribution is -2.23. The molecule has 0 spiro atoms. The van der Waals surface area contributed by atoms with Crippen molar-refractivity contribution in [1.29, 1.82) is 0 Å². The molecule has 0 atom stereocenters. The van der Waals surface area contributed by atoms with E-state index in [1.165, 1.54) is 12.8 Å². The van der Waals surface area contributed by atoms with Gasteiger partial charge in [0.15, 0.2) is 0 Å². The molecule has 1 aliphatic rings. The van der Waals surface area contributed by atoms with Gasteiger partial charge in [0.1, 0.15) is 0 Å². The molecule has 92 valence electrons. The molecular weight excluding hydrogens is 236 g/mol. The van der Waals surface area contributed by atoms with Crippen LogP contribution < -0.4 is 5.32 Å². The van der Waals surface area contributed by atoms with Crippen molar-refractivity contribution in [3.8, 4) is 0 Å². The largest absolute Gasteiger partial charge is 0.384 e. The quantitative estimate of drug-likeness (QED) is 0.894. The fraction of sp³-hybridized carbons (Fsp3) is 0.462. The summed E-state index contributed by atoms with van der Waals surface area (Å²) >= 11 is 5.97. The topological polar surface area (TPSA) is 32.3 Å². The van der Waals surface area contributed by atoms with Crippen molar-refractivity contribution < 1.29 is 4.79 Å². The average Bonchev–Trinajstić information content (AvgIpc) is 3.09. The van der Waals surface area contributed by atoms with Crippen LogP contribution in [0.25, 0.3) is 0 Å². The first-order valence-electron chi connectivity index (χ1n) is 5.83. The lowest BCUT2D eigenvalue weighted by molar-refractivity contribution is 0.0828. The summed E-state index contributed by atoms with van der Waals surface area (Å²) in [7, 11) is 3.50. The Morgan fingerprint density at radius 1 is 1.47 bits per heavy atom. The van der Waals surface area contributed by atoms with E-state index in [9.17, 15) is 4.79 Å². The van der Waals surface area contributed by atoms with E-state index in [1.54, 1.807) is 31.1 Å². The summed E-state index contributed by atoms with van der Waals surface area (Å²) in [5, 5.41) is 3.97. The van der Waals surface area contributed by atoms with E-state index < -0.39 is 0 Å². The van der Waals surface area contributed by atoms with Crippen molar-refractivity contribution in [3.63, 3.8) is 0 Å². The Morgan fingerprint density at radius 2 is 2.18 bits per heavy atom. The van der Waals surface area contributed by atoms with Gasteiger partial charge in [0.25, 0.3) is 5.91 Å². The van der Waals surface area contributed by atoms with Gasteiger partial charge in [-0.2, -0.15) is 0 Å². The van der Waals surface area contributed by atoms with Crippen LogP contribution >= 0.6 is 11.6 Å². The zero-order valence-corrected chi connectivity index (χ0v) is 10.9. The van der Waals surface area contributed by atoms with Crippen molar-refractivity contribution in [2.75, 3.05) is 26.0 Å². The number of amides is 1. The third-order valence-electron chi connectivity index (χ3n) is 2.90. The van der Waals surface area contributed by atoms with Crippen molar-refractivity contribution >= 4 is 23.2 Å². The summed E-state index contributed by atoms with van der Waals surface area (Å²) in [6, 6.07) is 5.35. The first kappa shape index (κ1) is 12.2. The monoisotopic (exact) mass is 252 g/mol. The fourth-order valence-electron chi connectivity index (χ4n) is 1.67. The van der Waals surface area contributed by atoms with Gasteiger partial charge < -0.3 is 10.2 Å². The third kappa shape index (κ3) is 3.13. The van der Waals surface area contributed by atoms with Gasteiger partial charge in [0.2, 0.25) is 0 Å². The molecule has 0 aromatic heterocycles. The van der Waals surface area contributed by atoms with Crippen LogP contribution in [0.4, 0.5) is 5.69 Å². The first-order valence-corrected chi connectivity index (χ1v) is 6.21. The van der Waals surface area contributed by atoms with Crippen LogP contribution in [0.1, 0.15) is 23.2 Å². The summed E-state index contributed by atoms with van der Waals surface area (Å²) < 4.78 is 0. The molecule has 1 amide bonds. The smallest absolute Gasteiger partial charge is 0.255 e. The second kappa shape index (κ2) is 4.96. The molecule has 1 aromatic rings. The van der Waals surface area contributed by atoms with Crippen LogP contribution in [0.3, 0.4) is 0 Å². The number of carbonyl (C=O) groups excluding carboxylic acids is 1. The second-order valence-electron chi connectivity index (χ2n) is 4.71. The molecule has 1 aliphatic carbocycles. The van der Waals surface area contributed by atoms with Crippen molar-refractivity contribution in [1.82, 2.24) is 4.90 Å². The van der Waals surface area contributed by atoms with Gasteiger partial charge in [0.05, 0.1) is 5.56 Å². The number of benzene rings is 1. The van der Waals surface area contributed by atoms with Crippen LogP contribution in [0, 0.1) is 5.92 Å². The van der Waals surface area contributed by atoms with Gasteiger partial charge in [0, 0.05) is 31.4 Å². The Kier molecular flexibility index (Phi) is 3.57. The van der Waals surface area contributed by atoms with Gasteiger partial charge in [-0.1, -0.05) is 11.6 Å². The number of hydrogen-bond donors (Lipinski definition) is 1. The zero-order valence-electron chi connectivity index (χ0n) is 10.2. The van der Waals surface area contributed by atoms with Gasteiger partial charge >= 0.3 is 0 Å². The lowest BCUT2D eigenvalue weighted by atomic mass is 10.1. The van der Waals surface area contributed by atoms with E-state index >= 15 is 0 Å². The molecule has 2 rings (SSSR count). The lowest BCUT2D eigenvalue weighted by Gasteiger charge is -2.15. The van der Waals surface area contributed by atoms with Crippen molar-refractivity contribution in [2.45, 2.75) is 12.8 Å². The molecule has 0 heterocycles. The molecule has 1 saturated carbocycles. The Hall–Kier alpha value is -1.22. The average molecular weight is 253 g/mol. The number of nitrogens with one attached hydrogen (secondary N) is 1. The molecule has 0 unspecified atom stereocenters. The highest BCUT2D eigenvalue weighted by Gasteiger charge is 2.22. The number of rotatable bonds is 4. The van der Waals surface area contributed by atoms with E-state index in [1.807, 2.05) is 6.07 Å². The van der Waals surface area contributed by atoms with Gasteiger partial charge in [-0.3, -0.25) is 4.79 Å². The Labute approximate surface area is 107 Å². The molecule has 17 heavy (non-hydrogen) atoms. The number of halogens is 1. The van der Waals surface area contributed by atoms with Gasteiger partial charge in [-0.15, -0.1) is 0 Å². The van der Waals surface area contributed by atoms with E-state index in [0.717, 1.165) is 18.2 Å². The molecule has 0 bridgehead atoms. The predicted molar refractivity (Wildman–Crippen MR) is 70.7 cm³/mol. The van der Waals surface area contributed by atoms with E-state index in [-0.39, 0.29) is 5.91 Å². The highest BCUT2D eigenvalue weighted by Crippen LogP contribution is 2.30. The maximum absolute atomic E-state index is 12.0. The number of carbonyl (C=O) groups is 1. The minimum absolute atomic E-state index is 0.0000337. The third-order valence-corrected chi connectivity index (χ3v) is 3.13. The zero-order chi connectivity index (χ0) is 12.4. The fourth-order valence-corrected chi connectivity index (χ4v) is 1.84. The second-order valence-corrected chi connectivity index (χ2v) is 5.15.